The van der Waals surface area contributed by atoms with Crippen molar-refractivity contribution < 1.29 is 14.3 Å². The molecule has 0 aromatic heterocycles. The number of hydrogen-bond acceptors (Lipinski definition) is 3. The van der Waals surface area contributed by atoms with Crippen LogP contribution in [0.5, 0.6) is 0 Å². The van der Waals surface area contributed by atoms with Gasteiger partial charge in [0.05, 0.1) is 12.0 Å². The van der Waals surface area contributed by atoms with Crippen LogP contribution in [0.25, 0.3) is 0 Å². The zero-order valence-corrected chi connectivity index (χ0v) is 6.79. The van der Waals surface area contributed by atoms with Crippen LogP contribution in [0.4, 0.5) is 0 Å². The van der Waals surface area contributed by atoms with Crippen molar-refractivity contribution in [2.45, 2.75) is 20.3 Å². The minimum atomic E-state index is -0.502. The van der Waals surface area contributed by atoms with Crippen molar-refractivity contribution in [3.05, 3.63) is 0 Å². The fourth-order valence-electron chi connectivity index (χ4n) is 1.13. The van der Waals surface area contributed by atoms with Gasteiger partial charge in [0.2, 0.25) is 0 Å². The molecule has 0 unspecified atom stereocenters. The summed E-state index contributed by atoms with van der Waals surface area (Å²) in [6.45, 7) is 3.92. The SMILES string of the molecule is CCOC(=O)[C@]1(C)C[C@H]1C=O. The van der Waals surface area contributed by atoms with Crippen LogP contribution in [0.2, 0.25) is 0 Å². The quantitative estimate of drug-likeness (QED) is 0.448. The zero-order valence-electron chi connectivity index (χ0n) is 6.79. The smallest absolute Gasteiger partial charge is 0.312 e. The summed E-state index contributed by atoms with van der Waals surface area (Å²) in [5.74, 6) is -0.348. The number of carbonyl (C=O) groups excluding carboxylic acids is 2. The lowest BCUT2D eigenvalue weighted by Gasteiger charge is -2.06. The second-order valence-electron chi connectivity index (χ2n) is 3.08. The van der Waals surface area contributed by atoms with Crippen LogP contribution in [-0.4, -0.2) is 18.9 Å². The Kier molecular flexibility index (Phi) is 1.98. The average Bonchev–Trinajstić information content (AvgIpc) is 2.64. The minimum Gasteiger partial charge on any atom is -0.466 e. The Morgan fingerprint density at radius 1 is 1.82 bits per heavy atom. The van der Waals surface area contributed by atoms with Gasteiger partial charge in [0.15, 0.2) is 0 Å². The monoisotopic (exact) mass is 156 g/mol. The van der Waals surface area contributed by atoms with Gasteiger partial charge in [-0.05, 0) is 20.3 Å². The van der Waals surface area contributed by atoms with Gasteiger partial charge in [0.25, 0.3) is 0 Å². The van der Waals surface area contributed by atoms with E-state index in [2.05, 4.69) is 0 Å². The molecule has 0 aliphatic heterocycles. The molecule has 11 heavy (non-hydrogen) atoms. The third-order valence-electron chi connectivity index (χ3n) is 2.21. The highest BCUT2D eigenvalue weighted by molar-refractivity contribution is 5.85. The van der Waals surface area contributed by atoms with Crippen molar-refractivity contribution in [1.29, 1.82) is 0 Å². The number of aldehydes is 1. The van der Waals surface area contributed by atoms with Crippen molar-refractivity contribution >= 4 is 12.3 Å². The molecule has 0 spiro atoms. The van der Waals surface area contributed by atoms with Gasteiger partial charge in [-0.3, -0.25) is 4.79 Å². The maximum Gasteiger partial charge on any atom is 0.312 e. The largest absolute Gasteiger partial charge is 0.466 e. The van der Waals surface area contributed by atoms with Crippen molar-refractivity contribution in [2.75, 3.05) is 6.61 Å². The summed E-state index contributed by atoms with van der Waals surface area (Å²) in [7, 11) is 0. The van der Waals surface area contributed by atoms with Crippen LogP contribution in [0.1, 0.15) is 20.3 Å². The molecule has 1 rings (SSSR count). The van der Waals surface area contributed by atoms with E-state index in [1.54, 1.807) is 13.8 Å². The fourth-order valence-corrected chi connectivity index (χ4v) is 1.13. The molecular weight excluding hydrogens is 144 g/mol. The predicted octanol–water partition coefficient (Wildman–Crippen LogP) is 0.775. The van der Waals surface area contributed by atoms with Gasteiger partial charge < -0.3 is 9.53 Å². The molecule has 62 valence electrons. The van der Waals surface area contributed by atoms with Crippen LogP contribution < -0.4 is 0 Å². The summed E-state index contributed by atoms with van der Waals surface area (Å²) in [6, 6.07) is 0. The summed E-state index contributed by atoms with van der Waals surface area (Å²) < 4.78 is 4.80. The molecule has 3 nitrogen and oxygen atoms in total. The Morgan fingerprint density at radius 3 is 2.82 bits per heavy atom. The first-order chi connectivity index (χ1) is 5.15. The highest BCUT2D eigenvalue weighted by atomic mass is 16.5. The summed E-state index contributed by atoms with van der Waals surface area (Å²) in [5.41, 5.74) is -0.502. The lowest BCUT2D eigenvalue weighted by molar-refractivity contribution is -0.150. The highest BCUT2D eigenvalue weighted by Crippen LogP contribution is 2.51. The van der Waals surface area contributed by atoms with Gasteiger partial charge in [0.1, 0.15) is 6.29 Å². The summed E-state index contributed by atoms with van der Waals surface area (Å²) >= 11 is 0. The first kappa shape index (κ1) is 8.24. The molecule has 0 bridgehead atoms. The maximum atomic E-state index is 11.1. The van der Waals surface area contributed by atoms with Crippen LogP contribution in [0.15, 0.2) is 0 Å². The lowest BCUT2D eigenvalue weighted by atomic mass is 10.1. The molecule has 0 aromatic carbocycles. The second kappa shape index (κ2) is 2.64. The fraction of sp³-hybridized carbons (Fsp3) is 0.750. The van der Waals surface area contributed by atoms with Gasteiger partial charge in [0, 0.05) is 5.92 Å². The molecule has 0 aromatic rings. The Labute approximate surface area is 65.7 Å². The van der Waals surface area contributed by atoms with E-state index in [0.29, 0.717) is 13.0 Å². The van der Waals surface area contributed by atoms with Gasteiger partial charge >= 0.3 is 5.97 Å². The van der Waals surface area contributed by atoms with Crippen molar-refractivity contribution in [3.8, 4) is 0 Å². The molecule has 0 saturated heterocycles. The Morgan fingerprint density at radius 2 is 2.45 bits per heavy atom. The molecule has 3 heteroatoms. The topological polar surface area (TPSA) is 43.4 Å². The molecule has 0 heterocycles. The van der Waals surface area contributed by atoms with Crippen LogP contribution in [-0.2, 0) is 14.3 Å². The lowest BCUT2D eigenvalue weighted by Crippen LogP contribution is -2.18. The highest BCUT2D eigenvalue weighted by Gasteiger charge is 2.57. The van der Waals surface area contributed by atoms with Crippen LogP contribution in [0.3, 0.4) is 0 Å². The van der Waals surface area contributed by atoms with Crippen molar-refractivity contribution in [1.82, 2.24) is 0 Å². The first-order valence-electron chi connectivity index (χ1n) is 3.77. The molecule has 0 N–H and O–H groups in total. The summed E-state index contributed by atoms with van der Waals surface area (Å²) in [6.07, 6.45) is 1.48. The zero-order chi connectivity index (χ0) is 8.48. The molecule has 1 saturated carbocycles. The predicted molar refractivity (Wildman–Crippen MR) is 38.9 cm³/mol. The summed E-state index contributed by atoms with van der Waals surface area (Å²) in [4.78, 5) is 21.4. The standard InChI is InChI=1S/C8H12O3/c1-3-11-7(10)8(2)4-6(8)5-9/h5-6H,3-4H2,1-2H3/t6-,8+/m0/s1. The molecule has 0 amide bonds. The maximum absolute atomic E-state index is 11.1. The molecule has 2 atom stereocenters. The van der Waals surface area contributed by atoms with E-state index >= 15 is 0 Å². The molecule has 1 fully saturated rings. The second-order valence-corrected chi connectivity index (χ2v) is 3.08. The third kappa shape index (κ3) is 1.27. The third-order valence-corrected chi connectivity index (χ3v) is 2.21. The van der Waals surface area contributed by atoms with Crippen molar-refractivity contribution in [3.63, 3.8) is 0 Å². The normalized spacial score (nSPS) is 34.5. The molecule has 0 radical (unpaired) electrons. The number of ether oxygens (including phenoxy) is 1. The Balaban J connectivity index is 2.49. The van der Waals surface area contributed by atoms with E-state index in [1.807, 2.05) is 0 Å². The van der Waals surface area contributed by atoms with Gasteiger partial charge in [-0.2, -0.15) is 0 Å². The molecule has 1 aliphatic carbocycles. The van der Waals surface area contributed by atoms with Gasteiger partial charge in [-0.1, -0.05) is 0 Å². The Bertz CT molecular complexity index is 188. The van der Waals surface area contributed by atoms with E-state index in [0.717, 1.165) is 6.29 Å². The van der Waals surface area contributed by atoms with E-state index in [-0.39, 0.29) is 11.9 Å². The first-order valence-corrected chi connectivity index (χ1v) is 3.77. The average molecular weight is 156 g/mol. The van der Waals surface area contributed by atoms with E-state index in [9.17, 15) is 9.59 Å². The van der Waals surface area contributed by atoms with E-state index < -0.39 is 5.41 Å². The van der Waals surface area contributed by atoms with Crippen LogP contribution in [0, 0.1) is 11.3 Å². The van der Waals surface area contributed by atoms with E-state index in [4.69, 9.17) is 4.74 Å². The number of carbonyl (C=O) groups is 2. The molecule has 1 aliphatic rings. The summed E-state index contributed by atoms with van der Waals surface area (Å²) in [5, 5.41) is 0. The van der Waals surface area contributed by atoms with Gasteiger partial charge in [-0.15, -0.1) is 0 Å². The van der Waals surface area contributed by atoms with Gasteiger partial charge in [-0.25, -0.2) is 0 Å². The minimum absolute atomic E-state index is 0.110. The Hall–Kier alpha value is -0.860. The molecular formula is C8H12O3. The van der Waals surface area contributed by atoms with Crippen molar-refractivity contribution in [2.24, 2.45) is 11.3 Å². The number of hydrogen-bond donors (Lipinski definition) is 0. The van der Waals surface area contributed by atoms with E-state index in [1.165, 1.54) is 0 Å². The number of rotatable bonds is 3. The van der Waals surface area contributed by atoms with Crippen LogP contribution >= 0.6 is 0 Å². The number of esters is 1.